The third-order valence-electron chi connectivity index (χ3n) is 3.23. The van der Waals surface area contributed by atoms with Crippen molar-refractivity contribution in [3.8, 4) is 0 Å². The molecule has 0 aromatic heterocycles. The van der Waals surface area contributed by atoms with E-state index in [2.05, 4.69) is 26.6 Å². The van der Waals surface area contributed by atoms with Crippen molar-refractivity contribution in [1.82, 2.24) is 5.32 Å². The van der Waals surface area contributed by atoms with Crippen LogP contribution in [0.3, 0.4) is 0 Å². The summed E-state index contributed by atoms with van der Waals surface area (Å²) in [6.07, 6.45) is 2.88. The molecule has 0 bridgehead atoms. The zero-order valence-electron chi connectivity index (χ0n) is 10.3. The second-order valence-electron chi connectivity index (χ2n) is 4.68. The average molecular weight is 331 g/mol. The summed E-state index contributed by atoms with van der Waals surface area (Å²) in [5.74, 6) is -0.506. The Morgan fingerprint density at radius 1 is 1.37 bits per heavy atom. The van der Waals surface area contributed by atoms with E-state index in [1.165, 1.54) is 12.1 Å². The van der Waals surface area contributed by atoms with Crippen molar-refractivity contribution in [2.75, 3.05) is 5.32 Å². The van der Waals surface area contributed by atoms with Crippen molar-refractivity contribution in [2.24, 2.45) is 0 Å². The Hall–Kier alpha value is -1.14. The first kappa shape index (κ1) is 14.3. The highest BCUT2D eigenvalue weighted by Gasteiger charge is 2.24. The van der Waals surface area contributed by atoms with Crippen LogP contribution in [-0.4, -0.2) is 23.3 Å². The number of urea groups is 1. The van der Waals surface area contributed by atoms with Gasteiger partial charge in [0.1, 0.15) is 5.82 Å². The maximum Gasteiger partial charge on any atom is 0.319 e. The van der Waals surface area contributed by atoms with Gasteiger partial charge >= 0.3 is 6.03 Å². The van der Waals surface area contributed by atoms with Gasteiger partial charge in [0.15, 0.2) is 0 Å². The van der Waals surface area contributed by atoms with Crippen molar-refractivity contribution < 1.29 is 14.3 Å². The minimum atomic E-state index is -0.519. The summed E-state index contributed by atoms with van der Waals surface area (Å²) in [6.45, 7) is 0. The number of rotatable bonds is 2. The quantitative estimate of drug-likeness (QED) is 0.780. The van der Waals surface area contributed by atoms with Crippen LogP contribution in [0, 0.1) is 5.82 Å². The van der Waals surface area contributed by atoms with E-state index in [0.717, 1.165) is 19.3 Å². The van der Waals surface area contributed by atoms with Crippen molar-refractivity contribution in [3.05, 3.63) is 28.5 Å². The van der Waals surface area contributed by atoms with E-state index in [1.54, 1.807) is 6.07 Å². The highest BCUT2D eigenvalue weighted by Crippen LogP contribution is 2.20. The maximum absolute atomic E-state index is 13.5. The molecule has 1 aliphatic carbocycles. The smallest absolute Gasteiger partial charge is 0.319 e. The number of carbonyl (C=O) groups excluding carboxylic acids is 1. The standard InChI is InChI=1S/C13H16BrFN2O2/c14-8-5-6-10(9(15)7-8)16-13(19)17-11-3-1-2-4-12(11)18/h5-7,11-12,18H,1-4H2,(H2,16,17,19). The van der Waals surface area contributed by atoms with Crippen molar-refractivity contribution in [1.29, 1.82) is 0 Å². The molecule has 2 atom stereocenters. The SMILES string of the molecule is O=C(Nc1ccc(Br)cc1F)NC1CCCCC1O. The highest BCUT2D eigenvalue weighted by molar-refractivity contribution is 9.10. The van der Waals surface area contributed by atoms with Gasteiger partial charge in [-0.15, -0.1) is 0 Å². The van der Waals surface area contributed by atoms with Gasteiger partial charge in [-0.25, -0.2) is 9.18 Å². The molecular formula is C13H16BrFN2O2. The number of carbonyl (C=O) groups is 1. The first-order valence-electron chi connectivity index (χ1n) is 6.27. The molecule has 0 radical (unpaired) electrons. The summed E-state index contributed by atoms with van der Waals surface area (Å²) < 4.78 is 14.2. The molecule has 1 saturated carbocycles. The number of amides is 2. The van der Waals surface area contributed by atoms with Gasteiger partial charge in [-0.2, -0.15) is 0 Å². The van der Waals surface area contributed by atoms with E-state index in [-0.39, 0.29) is 11.7 Å². The molecule has 1 aromatic carbocycles. The lowest BCUT2D eigenvalue weighted by Gasteiger charge is -2.28. The molecule has 0 spiro atoms. The topological polar surface area (TPSA) is 61.4 Å². The summed E-state index contributed by atoms with van der Waals surface area (Å²) >= 11 is 3.15. The van der Waals surface area contributed by atoms with Crippen LogP contribution >= 0.6 is 15.9 Å². The number of aliphatic hydroxyl groups excluding tert-OH is 1. The number of halogens is 2. The fraction of sp³-hybridized carbons (Fsp3) is 0.462. The first-order chi connectivity index (χ1) is 9.06. The number of hydrogen-bond donors (Lipinski definition) is 3. The van der Waals surface area contributed by atoms with E-state index in [0.29, 0.717) is 10.9 Å². The average Bonchev–Trinajstić information content (AvgIpc) is 2.36. The molecule has 2 unspecified atom stereocenters. The second-order valence-corrected chi connectivity index (χ2v) is 5.60. The zero-order chi connectivity index (χ0) is 13.8. The van der Waals surface area contributed by atoms with Crippen LogP contribution in [0.5, 0.6) is 0 Å². The zero-order valence-corrected chi connectivity index (χ0v) is 11.9. The molecule has 104 valence electrons. The molecule has 3 N–H and O–H groups in total. The van der Waals surface area contributed by atoms with Crippen LogP contribution in [0.2, 0.25) is 0 Å². The predicted molar refractivity (Wildman–Crippen MR) is 74.5 cm³/mol. The van der Waals surface area contributed by atoms with Gasteiger partial charge in [0.25, 0.3) is 0 Å². The molecule has 0 aliphatic heterocycles. The number of benzene rings is 1. The number of anilines is 1. The Bertz CT molecular complexity index is 470. The Morgan fingerprint density at radius 3 is 2.79 bits per heavy atom. The van der Waals surface area contributed by atoms with Gasteiger partial charge in [0.05, 0.1) is 17.8 Å². The third-order valence-corrected chi connectivity index (χ3v) is 3.72. The molecule has 0 heterocycles. The van der Waals surface area contributed by atoms with Crippen LogP contribution in [0.25, 0.3) is 0 Å². The van der Waals surface area contributed by atoms with E-state index < -0.39 is 18.0 Å². The fourth-order valence-electron chi connectivity index (χ4n) is 2.20. The molecule has 4 nitrogen and oxygen atoms in total. The normalized spacial score (nSPS) is 22.9. The maximum atomic E-state index is 13.5. The predicted octanol–water partition coefficient (Wildman–Crippen LogP) is 3.01. The summed E-state index contributed by atoms with van der Waals surface area (Å²) in [6, 6.07) is 3.66. The largest absolute Gasteiger partial charge is 0.391 e. The van der Waals surface area contributed by atoms with Gasteiger partial charge in [0, 0.05) is 4.47 Å². The van der Waals surface area contributed by atoms with Crippen LogP contribution in [-0.2, 0) is 0 Å². The molecule has 6 heteroatoms. The molecule has 1 fully saturated rings. The summed E-state index contributed by atoms with van der Waals surface area (Å²) in [5.41, 5.74) is 0.117. The third kappa shape index (κ3) is 3.91. The van der Waals surface area contributed by atoms with E-state index in [4.69, 9.17) is 0 Å². The lowest BCUT2D eigenvalue weighted by atomic mass is 9.93. The van der Waals surface area contributed by atoms with Crippen molar-refractivity contribution in [2.45, 2.75) is 37.8 Å². The van der Waals surface area contributed by atoms with Crippen molar-refractivity contribution >= 4 is 27.6 Å². The molecule has 19 heavy (non-hydrogen) atoms. The Kier molecular flexibility index (Phi) is 4.76. The molecule has 2 rings (SSSR count). The van der Waals surface area contributed by atoms with Gasteiger partial charge in [-0.3, -0.25) is 0 Å². The van der Waals surface area contributed by atoms with E-state index in [1.807, 2.05) is 0 Å². The van der Waals surface area contributed by atoms with E-state index in [9.17, 15) is 14.3 Å². The number of hydrogen-bond acceptors (Lipinski definition) is 2. The van der Waals surface area contributed by atoms with Gasteiger partial charge in [0.2, 0.25) is 0 Å². The molecule has 0 saturated heterocycles. The minimum Gasteiger partial charge on any atom is -0.391 e. The Morgan fingerprint density at radius 2 is 2.11 bits per heavy atom. The first-order valence-corrected chi connectivity index (χ1v) is 7.06. The summed E-state index contributed by atoms with van der Waals surface area (Å²) in [7, 11) is 0. The molecular weight excluding hydrogens is 315 g/mol. The van der Waals surface area contributed by atoms with Crippen LogP contribution in [0.15, 0.2) is 22.7 Å². The van der Waals surface area contributed by atoms with Gasteiger partial charge in [-0.05, 0) is 31.0 Å². The molecule has 2 amide bonds. The van der Waals surface area contributed by atoms with Gasteiger partial charge in [-0.1, -0.05) is 28.8 Å². The Labute approximate surface area is 119 Å². The van der Waals surface area contributed by atoms with Crippen molar-refractivity contribution in [3.63, 3.8) is 0 Å². The number of nitrogens with one attached hydrogen (secondary N) is 2. The summed E-state index contributed by atoms with van der Waals surface area (Å²) in [4.78, 5) is 11.8. The fourth-order valence-corrected chi connectivity index (χ4v) is 2.53. The highest BCUT2D eigenvalue weighted by atomic mass is 79.9. The lowest BCUT2D eigenvalue weighted by molar-refractivity contribution is 0.0955. The number of aliphatic hydroxyl groups is 1. The molecule has 1 aliphatic rings. The lowest BCUT2D eigenvalue weighted by Crippen LogP contribution is -2.46. The molecule has 1 aromatic rings. The monoisotopic (exact) mass is 330 g/mol. The van der Waals surface area contributed by atoms with Crippen LogP contribution < -0.4 is 10.6 Å². The Balaban J connectivity index is 1.93. The van der Waals surface area contributed by atoms with Gasteiger partial charge < -0.3 is 15.7 Å². The van der Waals surface area contributed by atoms with E-state index >= 15 is 0 Å². The minimum absolute atomic E-state index is 0.117. The van der Waals surface area contributed by atoms with Crippen LogP contribution in [0.1, 0.15) is 25.7 Å². The van der Waals surface area contributed by atoms with Crippen LogP contribution in [0.4, 0.5) is 14.9 Å². The second kappa shape index (κ2) is 6.34. The summed E-state index contributed by atoms with van der Waals surface area (Å²) in [5, 5.41) is 14.9.